The topological polar surface area (TPSA) is 174 Å². The number of nitrogens with zero attached hydrogens (tertiary/aromatic N) is 2. The van der Waals surface area contributed by atoms with Gasteiger partial charge in [0.2, 0.25) is 10.0 Å². The summed E-state index contributed by atoms with van der Waals surface area (Å²) >= 11 is 6.56. The van der Waals surface area contributed by atoms with Gasteiger partial charge < -0.3 is 33.7 Å². The normalized spacial score (nSPS) is 14.7. The van der Waals surface area contributed by atoms with Crippen molar-refractivity contribution in [3.63, 3.8) is 0 Å². The third-order valence-electron chi connectivity index (χ3n) is 6.82. The molecule has 48 heavy (non-hydrogen) atoms. The number of sulfonamides is 1. The van der Waals surface area contributed by atoms with Crippen LogP contribution < -0.4 is 14.2 Å². The number of anilines is 1. The maximum absolute atomic E-state index is 12.8. The monoisotopic (exact) mass is 707 g/mol. The Morgan fingerprint density at radius 2 is 1.90 bits per heavy atom. The number of benzene rings is 2. The molecule has 0 aliphatic carbocycles. The number of nitrogens with one attached hydrogen (secondary N) is 1. The number of esters is 1. The second-order valence-electron chi connectivity index (χ2n) is 11.9. The quantitative estimate of drug-likeness (QED) is 0.202. The van der Waals surface area contributed by atoms with Crippen molar-refractivity contribution in [3.05, 3.63) is 58.1 Å². The summed E-state index contributed by atoms with van der Waals surface area (Å²) < 4.78 is 55.1. The Labute approximate surface area is 286 Å². The van der Waals surface area contributed by atoms with Gasteiger partial charge in [0.15, 0.2) is 12.5 Å². The highest BCUT2D eigenvalue weighted by molar-refractivity contribution is 7.93. The van der Waals surface area contributed by atoms with E-state index >= 15 is 0 Å². The van der Waals surface area contributed by atoms with E-state index in [1.54, 1.807) is 56.9 Å². The molecular weight excluding hydrogens is 666 g/mol. The summed E-state index contributed by atoms with van der Waals surface area (Å²) in [6.07, 6.45) is 2.10. The molecule has 1 fully saturated rings. The van der Waals surface area contributed by atoms with E-state index in [0.717, 1.165) is 0 Å². The average Bonchev–Trinajstić information content (AvgIpc) is 3.00. The van der Waals surface area contributed by atoms with Crippen molar-refractivity contribution < 1.29 is 46.8 Å². The van der Waals surface area contributed by atoms with Gasteiger partial charge in [0.1, 0.15) is 23.2 Å². The lowest BCUT2D eigenvalue weighted by Gasteiger charge is -2.33. The predicted molar refractivity (Wildman–Crippen MR) is 179 cm³/mol. The van der Waals surface area contributed by atoms with Crippen LogP contribution in [-0.4, -0.2) is 87.6 Å². The van der Waals surface area contributed by atoms with E-state index in [2.05, 4.69) is 10.8 Å². The first-order valence-corrected chi connectivity index (χ1v) is 17.3. The molecule has 2 N–H and O–H groups in total. The minimum Gasteiger partial charge on any atom is -0.489 e. The van der Waals surface area contributed by atoms with Gasteiger partial charge in [-0.3, -0.25) is 9.52 Å². The van der Waals surface area contributed by atoms with Gasteiger partial charge in [-0.25, -0.2) is 13.2 Å². The van der Waals surface area contributed by atoms with E-state index in [4.69, 9.17) is 35.3 Å². The fourth-order valence-electron chi connectivity index (χ4n) is 4.68. The number of hydrogen-bond donors (Lipinski definition) is 2. The first-order chi connectivity index (χ1) is 22.6. The number of aliphatic hydroxyl groups excluding tert-OH is 1. The number of halogens is 1. The molecule has 2 aromatic carbocycles. The summed E-state index contributed by atoms with van der Waals surface area (Å²) in [5.41, 5.74) is 0.641. The number of carbonyl (C=O) groups is 2. The first-order valence-electron chi connectivity index (χ1n) is 15.3. The van der Waals surface area contributed by atoms with E-state index in [9.17, 15) is 28.4 Å². The molecule has 1 amide bonds. The molecule has 15 heteroatoms. The molecule has 1 saturated heterocycles. The number of amides is 1. The van der Waals surface area contributed by atoms with Gasteiger partial charge in [-0.2, -0.15) is 5.26 Å². The molecule has 2 aromatic rings. The fourth-order valence-corrected chi connectivity index (χ4v) is 5.88. The van der Waals surface area contributed by atoms with Crippen LogP contribution in [0, 0.1) is 11.3 Å². The van der Waals surface area contributed by atoms with Crippen LogP contribution in [0.2, 0.25) is 5.02 Å². The van der Waals surface area contributed by atoms with Crippen molar-refractivity contribution in [1.29, 1.82) is 5.26 Å². The van der Waals surface area contributed by atoms with E-state index in [1.165, 1.54) is 25.3 Å². The van der Waals surface area contributed by atoms with Crippen molar-refractivity contribution in [2.24, 2.45) is 0 Å². The Hall–Kier alpha value is -4.03. The Morgan fingerprint density at radius 3 is 2.52 bits per heavy atom. The molecule has 1 atom stereocenters. The van der Waals surface area contributed by atoms with Crippen LogP contribution in [0.1, 0.15) is 57.2 Å². The number of nitriles is 1. The molecule has 0 spiro atoms. The zero-order valence-corrected chi connectivity index (χ0v) is 29.2. The Kier molecular flexibility index (Phi) is 13.9. The van der Waals surface area contributed by atoms with Gasteiger partial charge >= 0.3 is 12.1 Å². The molecule has 0 saturated carbocycles. The number of likely N-dealkylation sites (tertiary alicyclic amines) is 1. The molecule has 262 valence electrons. The van der Waals surface area contributed by atoms with Crippen LogP contribution in [0.25, 0.3) is 6.08 Å². The highest BCUT2D eigenvalue weighted by Crippen LogP contribution is 2.35. The van der Waals surface area contributed by atoms with Crippen LogP contribution in [-0.2, 0) is 35.4 Å². The van der Waals surface area contributed by atoms with Gasteiger partial charge in [0.05, 0.1) is 35.1 Å². The molecule has 1 unspecified atom stereocenters. The van der Waals surface area contributed by atoms with Crippen molar-refractivity contribution in [2.45, 2.75) is 64.8 Å². The van der Waals surface area contributed by atoms with Crippen LogP contribution in [0.4, 0.5) is 10.5 Å². The molecular formula is C33H42ClN3O10S. The highest BCUT2D eigenvalue weighted by Gasteiger charge is 2.29. The first kappa shape index (κ1) is 38.4. The third kappa shape index (κ3) is 12.2. The van der Waals surface area contributed by atoms with E-state index in [-0.39, 0.29) is 42.4 Å². The lowest BCUT2D eigenvalue weighted by atomic mass is 10.0. The SMILES string of the molecule is CCOC(=O)CS(=O)(=O)Nc1cc(Cl)c(OC2CCN(C(=O)OC(C)(C)C)CC2)cc1CC(O)/C=C/c1cc(C#N)ccc1OCOC. The van der Waals surface area contributed by atoms with Crippen LogP contribution in [0.15, 0.2) is 36.4 Å². The molecule has 3 rings (SSSR count). The van der Waals surface area contributed by atoms with E-state index in [0.29, 0.717) is 48.4 Å². The number of methoxy groups -OCH3 is 1. The number of carbonyl (C=O) groups excluding carboxylic acids is 2. The standard InChI is InChI=1S/C33H42ClN3O10S/c1-6-44-31(39)20-48(41,42)36-28-18-27(34)30(46-26-11-13-37(14-12-26)32(40)47-33(2,3)4)17-24(28)16-25(38)9-8-23-15-22(19-35)7-10-29(23)45-21-43-5/h7-10,15,17-18,25-26,36,38H,6,11-14,16,20-21H2,1-5H3/b9-8+. The second kappa shape index (κ2) is 17.4. The minimum atomic E-state index is -4.21. The number of piperidine rings is 1. The number of ether oxygens (including phenoxy) is 5. The Balaban J connectivity index is 1.86. The van der Waals surface area contributed by atoms with E-state index in [1.807, 2.05) is 0 Å². The van der Waals surface area contributed by atoms with Crippen molar-refractivity contribution in [1.82, 2.24) is 4.90 Å². The van der Waals surface area contributed by atoms with Gasteiger partial charge in [0, 0.05) is 45.0 Å². The molecule has 13 nitrogen and oxygen atoms in total. The lowest BCUT2D eigenvalue weighted by molar-refractivity contribution is -0.139. The maximum atomic E-state index is 12.8. The van der Waals surface area contributed by atoms with Crippen molar-refractivity contribution in [2.75, 3.05) is 44.1 Å². The summed E-state index contributed by atoms with van der Waals surface area (Å²) in [6, 6.07) is 9.73. The zero-order chi connectivity index (χ0) is 35.5. The Morgan fingerprint density at radius 1 is 1.19 bits per heavy atom. The molecule has 1 aliphatic rings. The number of aliphatic hydroxyl groups is 1. The van der Waals surface area contributed by atoms with Crippen LogP contribution in [0.3, 0.4) is 0 Å². The average molecular weight is 708 g/mol. The van der Waals surface area contributed by atoms with Crippen LogP contribution in [0.5, 0.6) is 11.5 Å². The molecule has 0 bridgehead atoms. The van der Waals surface area contributed by atoms with E-state index < -0.39 is 39.5 Å². The summed E-state index contributed by atoms with van der Waals surface area (Å²) in [5, 5.41) is 20.5. The van der Waals surface area contributed by atoms with Crippen molar-refractivity contribution >= 4 is 45.5 Å². The summed E-state index contributed by atoms with van der Waals surface area (Å²) in [5.74, 6) is -1.17. The summed E-state index contributed by atoms with van der Waals surface area (Å²) in [7, 11) is -2.74. The molecule has 0 radical (unpaired) electrons. The molecule has 1 aliphatic heterocycles. The maximum Gasteiger partial charge on any atom is 0.410 e. The highest BCUT2D eigenvalue weighted by atomic mass is 35.5. The van der Waals surface area contributed by atoms with Gasteiger partial charge in [-0.05, 0) is 63.6 Å². The van der Waals surface area contributed by atoms with Crippen LogP contribution >= 0.6 is 11.6 Å². The third-order valence-corrected chi connectivity index (χ3v) is 8.26. The van der Waals surface area contributed by atoms with Gasteiger partial charge in [-0.1, -0.05) is 23.8 Å². The summed E-state index contributed by atoms with van der Waals surface area (Å²) in [6.45, 7) is 7.76. The van der Waals surface area contributed by atoms with Gasteiger partial charge in [-0.15, -0.1) is 0 Å². The second-order valence-corrected chi connectivity index (χ2v) is 14.1. The Bertz CT molecular complexity index is 1610. The lowest BCUT2D eigenvalue weighted by Crippen LogP contribution is -2.44. The zero-order valence-electron chi connectivity index (χ0n) is 27.7. The summed E-state index contributed by atoms with van der Waals surface area (Å²) in [4.78, 5) is 26.0. The fraction of sp³-hybridized carbons (Fsp3) is 0.485. The predicted octanol–water partition coefficient (Wildman–Crippen LogP) is 4.89. The largest absolute Gasteiger partial charge is 0.489 e. The number of rotatable bonds is 14. The van der Waals surface area contributed by atoms with Crippen molar-refractivity contribution in [3.8, 4) is 17.6 Å². The molecule has 1 heterocycles. The minimum absolute atomic E-state index is 0.0161. The number of hydrogen-bond acceptors (Lipinski definition) is 11. The molecule has 0 aromatic heterocycles. The smallest absolute Gasteiger partial charge is 0.410 e. The van der Waals surface area contributed by atoms with Gasteiger partial charge in [0.25, 0.3) is 0 Å².